The summed E-state index contributed by atoms with van der Waals surface area (Å²) in [7, 11) is 0. The quantitative estimate of drug-likeness (QED) is 0.705. The Bertz CT molecular complexity index is 748. The SMILES string of the molecule is NCCNc1nc(C2NCCc3ccccc32)nc(N2CCOCC2)n1. The van der Waals surface area contributed by atoms with Gasteiger partial charge in [0.15, 0.2) is 5.82 Å². The molecule has 2 aromatic rings. The van der Waals surface area contributed by atoms with E-state index in [0.717, 1.165) is 31.9 Å². The minimum atomic E-state index is -0.0267. The van der Waals surface area contributed by atoms with Crippen molar-refractivity contribution in [3.8, 4) is 0 Å². The number of hydrogen-bond donors (Lipinski definition) is 3. The predicted octanol–water partition coefficient (Wildman–Crippen LogP) is 0.314. The highest BCUT2D eigenvalue weighted by Crippen LogP contribution is 2.28. The van der Waals surface area contributed by atoms with Gasteiger partial charge in [-0.05, 0) is 17.5 Å². The number of rotatable bonds is 5. The van der Waals surface area contributed by atoms with Crippen molar-refractivity contribution in [3.63, 3.8) is 0 Å². The van der Waals surface area contributed by atoms with E-state index in [9.17, 15) is 0 Å². The van der Waals surface area contributed by atoms with Crippen LogP contribution in [0.1, 0.15) is 23.0 Å². The van der Waals surface area contributed by atoms with Gasteiger partial charge < -0.3 is 26.0 Å². The van der Waals surface area contributed by atoms with Crippen LogP contribution in [0.5, 0.6) is 0 Å². The number of hydrogen-bond acceptors (Lipinski definition) is 8. The average molecular weight is 355 g/mol. The van der Waals surface area contributed by atoms with Crippen LogP contribution in [0.2, 0.25) is 0 Å². The van der Waals surface area contributed by atoms with Crippen LogP contribution in [0, 0.1) is 0 Å². The number of aromatic nitrogens is 3. The molecule has 4 rings (SSSR count). The van der Waals surface area contributed by atoms with E-state index in [1.807, 2.05) is 0 Å². The summed E-state index contributed by atoms with van der Waals surface area (Å²) in [6.07, 6.45) is 1.02. The van der Waals surface area contributed by atoms with E-state index < -0.39 is 0 Å². The van der Waals surface area contributed by atoms with Crippen molar-refractivity contribution in [1.82, 2.24) is 20.3 Å². The normalized spacial score (nSPS) is 19.9. The van der Waals surface area contributed by atoms with Crippen LogP contribution in [-0.2, 0) is 11.2 Å². The molecule has 8 nitrogen and oxygen atoms in total. The molecule has 1 unspecified atom stereocenters. The molecule has 4 N–H and O–H groups in total. The number of ether oxygens (including phenoxy) is 1. The molecule has 2 aliphatic heterocycles. The van der Waals surface area contributed by atoms with Crippen molar-refractivity contribution in [1.29, 1.82) is 0 Å². The molecular weight excluding hydrogens is 330 g/mol. The molecule has 138 valence electrons. The maximum atomic E-state index is 5.63. The van der Waals surface area contributed by atoms with Gasteiger partial charge in [-0.15, -0.1) is 0 Å². The molecule has 1 aromatic heterocycles. The average Bonchev–Trinajstić information content (AvgIpc) is 2.72. The first-order chi connectivity index (χ1) is 12.8. The standard InChI is InChI=1S/C18H25N7O/c19-6-8-21-17-22-16(23-18(24-17)25-9-11-26-12-10-25)15-14-4-2-1-3-13(14)5-7-20-15/h1-4,15,20H,5-12,19H2,(H,21,22,23,24). The second kappa shape index (κ2) is 7.94. The summed E-state index contributed by atoms with van der Waals surface area (Å²) in [5.41, 5.74) is 8.22. The Kier molecular flexibility index (Phi) is 5.24. The van der Waals surface area contributed by atoms with Crippen molar-refractivity contribution < 1.29 is 4.74 Å². The molecule has 1 atom stereocenters. The molecule has 8 heteroatoms. The molecule has 0 spiro atoms. The highest BCUT2D eigenvalue weighted by atomic mass is 16.5. The number of morpholine rings is 1. The number of nitrogens with zero attached hydrogens (tertiary/aromatic N) is 4. The fraction of sp³-hybridized carbons (Fsp3) is 0.500. The Hall–Kier alpha value is -2.29. The van der Waals surface area contributed by atoms with Crippen molar-refractivity contribution >= 4 is 11.9 Å². The number of fused-ring (bicyclic) bond motifs is 1. The summed E-state index contributed by atoms with van der Waals surface area (Å²) in [6.45, 7) is 5.02. The third-order valence-corrected chi connectivity index (χ3v) is 4.73. The smallest absolute Gasteiger partial charge is 0.230 e. The zero-order valence-electron chi connectivity index (χ0n) is 14.8. The molecule has 1 aromatic carbocycles. The van der Waals surface area contributed by atoms with Gasteiger partial charge in [0.25, 0.3) is 0 Å². The summed E-state index contributed by atoms with van der Waals surface area (Å²) in [6, 6.07) is 8.46. The van der Waals surface area contributed by atoms with Gasteiger partial charge in [0.1, 0.15) is 0 Å². The van der Waals surface area contributed by atoms with Crippen molar-refractivity contribution in [2.75, 3.05) is 56.2 Å². The zero-order valence-corrected chi connectivity index (χ0v) is 14.8. The van der Waals surface area contributed by atoms with Crippen LogP contribution in [0.25, 0.3) is 0 Å². The number of nitrogens with one attached hydrogen (secondary N) is 2. The summed E-state index contributed by atoms with van der Waals surface area (Å²) in [5.74, 6) is 2.02. The molecule has 0 saturated carbocycles. The Morgan fingerprint density at radius 1 is 1.19 bits per heavy atom. The number of nitrogens with two attached hydrogens (primary N) is 1. The van der Waals surface area contributed by atoms with E-state index in [1.165, 1.54) is 11.1 Å². The second-order valence-corrected chi connectivity index (χ2v) is 6.47. The van der Waals surface area contributed by atoms with Crippen LogP contribution >= 0.6 is 0 Å². The van der Waals surface area contributed by atoms with E-state index in [2.05, 4.69) is 49.8 Å². The lowest BCUT2D eigenvalue weighted by molar-refractivity contribution is 0.122. The molecule has 1 fully saturated rings. The highest BCUT2D eigenvalue weighted by molar-refractivity contribution is 5.42. The Balaban J connectivity index is 1.70. The first-order valence-corrected chi connectivity index (χ1v) is 9.19. The monoisotopic (exact) mass is 355 g/mol. The fourth-order valence-corrected chi connectivity index (χ4v) is 3.41. The first-order valence-electron chi connectivity index (χ1n) is 9.19. The molecule has 1 saturated heterocycles. The molecule has 26 heavy (non-hydrogen) atoms. The molecule has 0 amide bonds. The summed E-state index contributed by atoms with van der Waals surface area (Å²) >= 11 is 0. The molecule has 0 bridgehead atoms. The van der Waals surface area contributed by atoms with Crippen LogP contribution in [0.4, 0.5) is 11.9 Å². The third-order valence-electron chi connectivity index (χ3n) is 4.73. The van der Waals surface area contributed by atoms with Crippen molar-refractivity contribution in [3.05, 3.63) is 41.2 Å². The molecule has 0 radical (unpaired) electrons. The Morgan fingerprint density at radius 2 is 2.04 bits per heavy atom. The van der Waals surface area contributed by atoms with E-state index in [-0.39, 0.29) is 6.04 Å². The molecule has 3 heterocycles. The Morgan fingerprint density at radius 3 is 2.88 bits per heavy atom. The van der Waals surface area contributed by atoms with Gasteiger partial charge in [-0.1, -0.05) is 24.3 Å². The predicted molar refractivity (Wildman–Crippen MR) is 100 cm³/mol. The van der Waals surface area contributed by atoms with Gasteiger partial charge in [0.2, 0.25) is 11.9 Å². The first kappa shape index (κ1) is 17.1. The maximum absolute atomic E-state index is 5.63. The summed E-state index contributed by atoms with van der Waals surface area (Å²) < 4.78 is 5.45. The van der Waals surface area contributed by atoms with E-state index in [1.54, 1.807) is 0 Å². The van der Waals surface area contributed by atoms with Crippen LogP contribution in [0.15, 0.2) is 24.3 Å². The van der Waals surface area contributed by atoms with E-state index in [4.69, 9.17) is 15.5 Å². The number of anilines is 2. The number of benzene rings is 1. The zero-order chi connectivity index (χ0) is 17.8. The van der Waals surface area contributed by atoms with Crippen molar-refractivity contribution in [2.45, 2.75) is 12.5 Å². The van der Waals surface area contributed by atoms with Crippen LogP contribution < -0.4 is 21.3 Å². The van der Waals surface area contributed by atoms with Gasteiger partial charge in [0.05, 0.1) is 19.3 Å². The minimum Gasteiger partial charge on any atom is -0.378 e. The van der Waals surface area contributed by atoms with Gasteiger partial charge in [0, 0.05) is 32.7 Å². The molecular formula is C18H25N7O. The van der Waals surface area contributed by atoms with Gasteiger partial charge in [-0.2, -0.15) is 15.0 Å². The lowest BCUT2D eigenvalue weighted by Crippen LogP contribution is -2.38. The summed E-state index contributed by atoms with van der Waals surface area (Å²) in [5, 5.41) is 6.76. The fourth-order valence-electron chi connectivity index (χ4n) is 3.41. The second-order valence-electron chi connectivity index (χ2n) is 6.47. The highest BCUT2D eigenvalue weighted by Gasteiger charge is 2.26. The minimum absolute atomic E-state index is 0.0267. The topological polar surface area (TPSA) is 101 Å². The summed E-state index contributed by atoms with van der Waals surface area (Å²) in [4.78, 5) is 16.2. The third kappa shape index (κ3) is 3.62. The van der Waals surface area contributed by atoms with Gasteiger partial charge >= 0.3 is 0 Å². The molecule has 0 aliphatic carbocycles. The van der Waals surface area contributed by atoms with Crippen LogP contribution in [0.3, 0.4) is 0 Å². The van der Waals surface area contributed by atoms with E-state index in [0.29, 0.717) is 38.2 Å². The van der Waals surface area contributed by atoms with E-state index >= 15 is 0 Å². The molecule has 2 aliphatic rings. The lowest BCUT2D eigenvalue weighted by atomic mass is 9.94. The van der Waals surface area contributed by atoms with Gasteiger partial charge in [-0.25, -0.2) is 0 Å². The Labute approximate surface area is 153 Å². The van der Waals surface area contributed by atoms with Gasteiger partial charge in [-0.3, -0.25) is 0 Å². The van der Waals surface area contributed by atoms with Crippen molar-refractivity contribution in [2.24, 2.45) is 5.73 Å². The van der Waals surface area contributed by atoms with Crippen LogP contribution in [-0.4, -0.2) is 60.9 Å². The largest absolute Gasteiger partial charge is 0.378 e. The lowest BCUT2D eigenvalue weighted by Gasteiger charge is -2.29. The maximum Gasteiger partial charge on any atom is 0.230 e.